The van der Waals surface area contributed by atoms with Crippen LogP contribution >= 0.6 is 15.9 Å². The lowest BCUT2D eigenvalue weighted by atomic mass is 10.1. The van der Waals surface area contributed by atoms with Gasteiger partial charge in [-0.05, 0) is 61.7 Å². The summed E-state index contributed by atoms with van der Waals surface area (Å²) >= 11 is 3.47. The molecule has 0 aliphatic rings. The Morgan fingerprint density at radius 2 is 1.89 bits per heavy atom. The third kappa shape index (κ3) is 6.71. The molecule has 0 radical (unpaired) electrons. The number of nitriles is 1. The minimum Gasteiger partial charge on any atom is -0.490 e. The molecule has 0 heterocycles. The number of nitro benzene ring substituents is 1. The number of hydrogen-bond donors (Lipinski definition) is 1. The van der Waals surface area contributed by atoms with Gasteiger partial charge in [-0.2, -0.15) is 5.26 Å². The molecule has 0 saturated carbocycles. The molecule has 9 heteroatoms. The summed E-state index contributed by atoms with van der Waals surface area (Å²) in [4.78, 5) is 23.3. The summed E-state index contributed by atoms with van der Waals surface area (Å²) in [6.07, 6.45) is 1.47. The zero-order valence-electron chi connectivity index (χ0n) is 20.0. The number of rotatable bonds is 9. The SMILES string of the molecule is CCOc1cc(/C=C(\C#N)C(=O)Nc2ccc(C)cc2C)c(Br)cc1OCc1cccc([N+](=O)[O-])c1. The Hall–Kier alpha value is -4.16. The molecule has 8 nitrogen and oxygen atoms in total. The fourth-order valence-corrected chi connectivity index (χ4v) is 3.85. The monoisotopic (exact) mass is 549 g/mol. The number of carbonyl (C=O) groups is 1. The maximum absolute atomic E-state index is 12.8. The molecule has 3 rings (SSSR count). The van der Waals surface area contributed by atoms with Crippen molar-refractivity contribution in [3.8, 4) is 17.6 Å². The van der Waals surface area contributed by atoms with E-state index < -0.39 is 10.8 Å². The lowest BCUT2D eigenvalue weighted by molar-refractivity contribution is -0.384. The van der Waals surface area contributed by atoms with Crippen molar-refractivity contribution in [3.05, 3.63) is 97.0 Å². The number of non-ortho nitro benzene ring substituents is 1. The first kappa shape index (κ1) is 26.4. The largest absolute Gasteiger partial charge is 0.490 e. The van der Waals surface area contributed by atoms with Gasteiger partial charge in [0.1, 0.15) is 18.2 Å². The van der Waals surface area contributed by atoms with Crippen molar-refractivity contribution >= 4 is 39.3 Å². The molecule has 0 unspecified atom stereocenters. The molecular formula is C27H24BrN3O5. The number of amides is 1. The van der Waals surface area contributed by atoms with Crippen LogP contribution in [0, 0.1) is 35.3 Å². The number of nitrogens with one attached hydrogen (secondary N) is 1. The van der Waals surface area contributed by atoms with Crippen molar-refractivity contribution < 1.29 is 19.2 Å². The van der Waals surface area contributed by atoms with Crippen molar-refractivity contribution in [3.63, 3.8) is 0 Å². The van der Waals surface area contributed by atoms with Gasteiger partial charge in [-0.3, -0.25) is 14.9 Å². The van der Waals surface area contributed by atoms with E-state index in [9.17, 15) is 20.2 Å². The van der Waals surface area contributed by atoms with Gasteiger partial charge < -0.3 is 14.8 Å². The molecule has 0 atom stereocenters. The summed E-state index contributed by atoms with van der Waals surface area (Å²) in [6, 6.07) is 17.1. The van der Waals surface area contributed by atoms with E-state index in [0.29, 0.717) is 39.4 Å². The van der Waals surface area contributed by atoms with Gasteiger partial charge in [-0.25, -0.2) is 0 Å². The Bertz CT molecular complexity index is 1380. The highest BCUT2D eigenvalue weighted by Crippen LogP contribution is 2.35. The summed E-state index contributed by atoms with van der Waals surface area (Å²) in [5.41, 5.74) is 3.67. The van der Waals surface area contributed by atoms with Crippen molar-refractivity contribution in [2.24, 2.45) is 0 Å². The molecular weight excluding hydrogens is 526 g/mol. The summed E-state index contributed by atoms with van der Waals surface area (Å²) in [5, 5.41) is 23.4. The van der Waals surface area contributed by atoms with E-state index in [1.54, 1.807) is 30.3 Å². The molecule has 36 heavy (non-hydrogen) atoms. The molecule has 0 spiro atoms. The van der Waals surface area contributed by atoms with E-state index in [-0.39, 0.29) is 17.9 Å². The van der Waals surface area contributed by atoms with Gasteiger partial charge in [-0.1, -0.05) is 45.8 Å². The smallest absolute Gasteiger partial charge is 0.269 e. The van der Waals surface area contributed by atoms with Gasteiger partial charge in [-0.15, -0.1) is 0 Å². The zero-order valence-corrected chi connectivity index (χ0v) is 21.6. The predicted molar refractivity (Wildman–Crippen MR) is 141 cm³/mol. The van der Waals surface area contributed by atoms with E-state index >= 15 is 0 Å². The van der Waals surface area contributed by atoms with Crippen LogP contribution in [0.5, 0.6) is 11.5 Å². The molecule has 0 aromatic heterocycles. The Morgan fingerprint density at radius 1 is 1.14 bits per heavy atom. The minimum atomic E-state index is -0.527. The minimum absolute atomic E-state index is 0.0223. The van der Waals surface area contributed by atoms with Gasteiger partial charge in [0.25, 0.3) is 11.6 Å². The van der Waals surface area contributed by atoms with Crippen LogP contribution in [0.2, 0.25) is 0 Å². The van der Waals surface area contributed by atoms with Crippen LogP contribution in [0.1, 0.15) is 29.2 Å². The molecule has 0 aliphatic carbocycles. The highest BCUT2D eigenvalue weighted by atomic mass is 79.9. The molecule has 1 N–H and O–H groups in total. The first-order valence-electron chi connectivity index (χ1n) is 11.0. The standard InChI is InChI=1S/C27H24BrN3O5/c1-4-35-25-13-20(12-21(15-29)27(32)30-24-9-8-17(2)10-18(24)3)23(28)14-26(25)36-16-19-6-5-7-22(11-19)31(33)34/h5-14H,4,16H2,1-3H3,(H,30,32)/b21-12+. The average Bonchev–Trinajstić information content (AvgIpc) is 2.85. The van der Waals surface area contributed by atoms with Crippen LogP contribution in [0.15, 0.2) is 64.6 Å². The molecule has 0 fully saturated rings. The van der Waals surface area contributed by atoms with Gasteiger partial charge in [0.15, 0.2) is 11.5 Å². The van der Waals surface area contributed by atoms with Crippen LogP contribution < -0.4 is 14.8 Å². The fourth-order valence-electron chi connectivity index (χ4n) is 3.41. The van der Waals surface area contributed by atoms with Gasteiger partial charge in [0, 0.05) is 22.3 Å². The molecule has 184 valence electrons. The first-order chi connectivity index (χ1) is 17.2. The van der Waals surface area contributed by atoms with Gasteiger partial charge in [0.05, 0.1) is 11.5 Å². The lowest BCUT2D eigenvalue weighted by Crippen LogP contribution is -2.14. The number of halogens is 1. The van der Waals surface area contributed by atoms with Crippen molar-refractivity contribution in [1.82, 2.24) is 0 Å². The number of hydrogen-bond acceptors (Lipinski definition) is 6. The first-order valence-corrected chi connectivity index (χ1v) is 11.8. The normalized spacial score (nSPS) is 10.9. The van der Waals surface area contributed by atoms with Crippen LogP contribution in [-0.4, -0.2) is 17.4 Å². The third-order valence-corrected chi connectivity index (χ3v) is 5.86. The molecule has 3 aromatic rings. The van der Waals surface area contributed by atoms with Crippen molar-refractivity contribution in [2.45, 2.75) is 27.4 Å². The van der Waals surface area contributed by atoms with Crippen LogP contribution in [0.25, 0.3) is 6.08 Å². The zero-order chi connectivity index (χ0) is 26.2. The summed E-state index contributed by atoms with van der Waals surface area (Å²) < 4.78 is 12.2. The van der Waals surface area contributed by atoms with Gasteiger partial charge in [0.2, 0.25) is 0 Å². The summed E-state index contributed by atoms with van der Waals surface area (Å²) in [5.74, 6) is 0.287. The maximum Gasteiger partial charge on any atom is 0.269 e. The Kier molecular flexibility index (Phi) is 8.81. The van der Waals surface area contributed by atoms with Crippen LogP contribution in [-0.2, 0) is 11.4 Å². The van der Waals surface area contributed by atoms with E-state index in [1.807, 2.05) is 39.0 Å². The van der Waals surface area contributed by atoms with Crippen molar-refractivity contribution in [2.75, 3.05) is 11.9 Å². The average molecular weight is 550 g/mol. The Balaban J connectivity index is 1.85. The Morgan fingerprint density at radius 3 is 2.56 bits per heavy atom. The topological polar surface area (TPSA) is 114 Å². The molecule has 1 amide bonds. The van der Waals surface area contributed by atoms with E-state index in [2.05, 4.69) is 21.2 Å². The number of carbonyl (C=O) groups excluding carboxylic acids is 1. The molecule has 0 saturated heterocycles. The predicted octanol–water partition coefficient (Wildman–Crippen LogP) is 6.50. The highest BCUT2D eigenvalue weighted by molar-refractivity contribution is 9.10. The van der Waals surface area contributed by atoms with Crippen LogP contribution in [0.3, 0.4) is 0 Å². The number of aryl methyl sites for hydroxylation is 2. The van der Waals surface area contributed by atoms with E-state index in [4.69, 9.17) is 9.47 Å². The molecule has 0 bridgehead atoms. The van der Waals surface area contributed by atoms with Crippen molar-refractivity contribution in [1.29, 1.82) is 5.26 Å². The second-order valence-corrected chi connectivity index (χ2v) is 8.77. The number of anilines is 1. The number of nitrogens with zero attached hydrogens (tertiary/aromatic N) is 2. The number of benzene rings is 3. The second kappa shape index (κ2) is 12.0. The molecule has 0 aliphatic heterocycles. The maximum atomic E-state index is 12.8. The lowest BCUT2D eigenvalue weighted by Gasteiger charge is -2.14. The van der Waals surface area contributed by atoms with E-state index in [1.165, 1.54) is 18.2 Å². The fraction of sp³-hybridized carbons (Fsp3) is 0.185. The third-order valence-electron chi connectivity index (χ3n) is 5.17. The quantitative estimate of drug-likeness (QED) is 0.141. The highest BCUT2D eigenvalue weighted by Gasteiger charge is 2.15. The van der Waals surface area contributed by atoms with E-state index in [0.717, 1.165) is 11.1 Å². The molecule has 3 aromatic carbocycles. The summed E-state index contributed by atoms with van der Waals surface area (Å²) in [6.45, 7) is 6.11. The second-order valence-electron chi connectivity index (χ2n) is 7.91. The number of ether oxygens (including phenoxy) is 2. The number of nitro groups is 1. The van der Waals surface area contributed by atoms with Crippen LogP contribution in [0.4, 0.5) is 11.4 Å². The summed E-state index contributed by atoms with van der Waals surface area (Å²) in [7, 11) is 0. The Labute approximate surface area is 217 Å². The van der Waals surface area contributed by atoms with Gasteiger partial charge >= 0.3 is 0 Å².